The predicted molar refractivity (Wildman–Crippen MR) is 86.4 cm³/mol. The van der Waals surface area contributed by atoms with Gasteiger partial charge in [-0.15, -0.1) is 0 Å². The van der Waals surface area contributed by atoms with Crippen LogP contribution in [0.25, 0.3) is 0 Å². The Morgan fingerprint density at radius 3 is 2.78 bits per heavy atom. The van der Waals surface area contributed by atoms with Crippen LogP contribution in [0.2, 0.25) is 5.02 Å². The lowest BCUT2D eigenvalue weighted by atomic mass is 10.2. The Labute approximate surface area is 137 Å². The van der Waals surface area contributed by atoms with E-state index in [4.69, 9.17) is 22.2 Å². The first-order valence-electron chi connectivity index (χ1n) is 6.77. The molecule has 0 spiro atoms. The largest absolute Gasteiger partial charge is 0.384 e. The zero-order chi connectivity index (χ0) is 16.7. The normalized spacial score (nSPS) is 11.1. The highest BCUT2D eigenvalue weighted by Gasteiger charge is 2.05. The second-order valence-corrected chi connectivity index (χ2v) is 5.06. The standard InChI is InChI=1S/C16H15ClFN3O2/c17-13-6-3-5-11(8-13)16(19)21-23-10-15(22)20-9-12-4-1-2-7-14(12)18/h1-8H,9-10H2,(H2,19,21)(H,20,22). The summed E-state index contributed by atoms with van der Waals surface area (Å²) in [6.45, 7) is -0.252. The van der Waals surface area contributed by atoms with Crippen molar-refractivity contribution in [2.75, 3.05) is 6.61 Å². The first kappa shape index (κ1) is 16.8. The molecular formula is C16H15ClFN3O2. The van der Waals surface area contributed by atoms with Crippen molar-refractivity contribution in [3.63, 3.8) is 0 Å². The summed E-state index contributed by atoms with van der Waals surface area (Å²) in [5.41, 5.74) is 6.70. The van der Waals surface area contributed by atoms with Gasteiger partial charge in [-0.2, -0.15) is 0 Å². The van der Waals surface area contributed by atoms with Gasteiger partial charge in [0.15, 0.2) is 12.4 Å². The first-order chi connectivity index (χ1) is 11.1. The van der Waals surface area contributed by atoms with Gasteiger partial charge in [-0.1, -0.05) is 47.1 Å². The summed E-state index contributed by atoms with van der Waals surface area (Å²) in [5, 5.41) is 6.69. The maximum atomic E-state index is 13.4. The highest BCUT2D eigenvalue weighted by Crippen LogP contribution is 2.10. The van der Waals surface area contributed by atoms with Crippen LogP contribution >= 0.6 is 11.6 Å². The third-order valence-electron chi connectivity index (χ3n) is 2.91. The van der Waals surface area contributed by atoms with E-state index in [0.717, 1.165) is 0 Å². The number of nitrogens with one attached hydrogen (secondary N) is 1. The van der Waals surface area contributed by atoms with Gasteiger partial charge in [-0.3, -0.25) is 4.79 Å². The fourth-order valence-electron chi connectivity index (χ4n) is 1.75. The SMILES string of the molecule is N/C(=N\OCC(=O)NCc1ccccc1F)c1cccc(Cl)c1. The van der Waals surface area contributed by atoms with Gasteiger partial charge in [-0.05, 0) is 18.2 Å². The van der Waals surface area contributed by atoms with Crippen molar-refractivity contribution >= 4 is 23.3 Å². The molecule has 3 N–H and O–H groups in total. The van der Waals surface area contributed by atoms with Crippen molar-refractivity contribution in [1.29, 1.82) is 0 Å². The van der Waals surface area contributed by atoms with Crippen molar-refractivity contribution in [2.45, 2.75) is 6.54 Å². The molecule has 2 aromatic carbocycles. The number of hydrogen-bond donors (Lipinski definition) is 2. The van der Waals surface area contributed by atoms with Gasteiger partial charge in [0.05, 0.1) is 0 Å². The molecule has 0 bridgehead atoms. The molecule has 0 aliphatic rings. The minimum Gasteiger partial charge on any atom is -0.384 e. The molecular weight excluding hydrogens is 321 g/mol. The summed E-state index contributed by atoms with van der Waals surface area (Å²) in [6.07, 6.45) is 0. The number of oxime groups is 1. The number of nitrogens with two attached hydrogens (primary N) is 1. The average Bonchev–Trinajstić information content (AvgIpc) is 2.54. The van der Waals surface area contributed by atoms with E-state index in [2.05, 4.69) is 10.5 Å². The van der Waals surface area contributed by atoms with Gasteiger partial charge in [-0.25, -0.2) is 4.39 Å². The summed E-state index contributed by atoms with van der Waals surface area (Å²) >= 11 is 5.84. The number of halogens is 2. The summed E-state index contributed by atoms with van der Waals surface area (Å²) in [7, 11) is 0. The molecule has 0 atom stereocenters. The maximum Gasteiger partial charge on any atom is 0.261 e. The molecule has 0 aliphatic heterocycles. The summed E-state index contributed by atoms with van der Waals surface area (Å²) in [6, 6.07) is 13.0. The number of hydrogen-bond acceptors (Lipinski definition) is 3. The Morgan fingerprint density at radius 2 is 2.04 bits per heavy atom. The second-order valence-electron chi connectivity index (χ2n) is 4.63. The first-order valence-corrected chi connectivity index (χ1v) is 7.15. The lowest BCUT2D eigenvalue weighted by Gasteiger charge is -2.06. The fourth-order valence-corrected chi connectivity index (χ4v) is 1.94. The van der Waals surface area contributed by atoms with Gasteiger partial charge in [0.1, 0.15) is 5.82 Å². The van der Waals surface area contributed by atoms with E-state index in [9.17, 15) is 9.18 Å². The quantitative estimate of drug-likeness (QED) is 0.483. The van der Waals surface area contributed by atoms with Crippen molar-refractivity contribution in [3.05, 3.63) is 70.5 Å². The lowest BCUT2D eigenvalue weighted by molar-refractivity contribution is -0.125. The molecule has 0 radical (unpaired) electrons. The highest BCUT2D eigenvalue weighted by molar-refractivity contribution is 6.31. The molecule has 7 heteroatoms. The monoisotopic (exact) mass is 335 g/mol. The van der Waals surface area contributed by atoms with Crippen LogP contribution in [0.4, 0.5) is 4.39 Å². The molecule has 0 fully saturated rings. The Kier molecular flexibility index (Phi) is 5.94. The molecule has 0 aromatic heterocycles. The van der Waals surface area contributed by atoms with E-state index in [1.54, 1.807) is 42.5 Å². The summed E-state index contributed by atoms with van der Waals surface area (Å²) in [5.74, 6) is -0.706. The molecule has 2 aromatic rings. The van der Waals surface area contributed by atoms with Crippen LogP contribution in [0.3, 0.4) is 0 Å². The predicted octanol–water partition coefficient (Wildman–Crippen LogP) is 2.43. The second kappa shape index (κ2) is 8.14. The number of carbonyl (C=O) groups is 1. The van der Waals surface area contributed by atoms with Gasteiger partial charge in [0, 0.05) is 22.7 Å². The number of nitrogens with zero attached hydrogens (tertiary/aromatic N) is 1. The van der Waals surface area contributed by atoms with Gasteiger partial charge >= 0.3 is 0 Å². The Bertz CT molecular complexity index is 722. The zero-order valence-electron chi connectivity index (χ0n) is 12.1. The van der Waals surface area contributed by atoms with Crippen molar-refractivity contribution in [1.82, 2.24) is 5.32 Å². The third-order valence-corrected chi connectivity index (χ3v) is 3.15. The molecule has 0 aliphatic carbocycles. The van der Waals surface area contributed by atoms with Gasteiger partial charge in [0.25, 0.3) is 5.91 Å². The number of amidine groups is 1. The van der Waals surface area contributed by atoms with E-state index in [-0.39, 0.29) is 24.8 Å². The van der Waals surface area contributed by atoms with Gasteiger partial charge < -0.3 is 15.9 Å². The minimum absolute atomic E-state index is 0.0718. The Balaban J connectivity index is 1.80. The topological polar surface area (TPSA) is 76.7 Å². The van der Waals surface area contributed by atoms with Crippen molar-refractivity contribution in [2.24, 2.45) is 10.9 Å². The van der Waals surface area contributed by atoms with E-state index < -0.39 is 5.91 Å². The third kappa shape index (κ3) is 5.27. The number of amides is 1. The molecule has 2 rings (SSSR count). The van der Waals surface area contributed by atoms with Crippen LogP contribution in [0.5, 0.6) is 0 Å². The van der Waals surface area contributed by atoms with Crippen LogP contribution in [-0.4, -0.2) is 18.3 Å². The Morgan fingerprint density at radius 1 is 1.26 bits per heavy atom. The molecule has 0 saturated carbocycles. The van der Waals surface area contributed by atoms with Crippen LogP contribution in [-0.2, 0) is 16.2 Å². The molecule has 5 nitrogen and oxygen atoms in total. The molecule has 1 amide bonds. The van der Waals surface area contributed by atoms with E-state index >= 15 is 0 Å². The number of benzene rings is 2. The van der Waals surface area contributed by atoms with Crippen LogP contribution in [0.15, 0.2) is 53.7 Å². The van der Waals surface area contributed by atoms with Crippen LogP contribution in [0.1, 0.15) is 11.1 Å². The zero-order valence-corrected chi connectivity index (χ0v) is 12.9. The molecule has 0 unspecified atom stereocenters. The summed E-state index contributed by atoms with van der Waals surface area (Å²) in [4.78, 5) is 16.5. The van der Waals surface area contributed by atoms with Crippen molar-refractivity contribution < 1.29 is 14.0 Å². The maximum absolute atomic E-state index is 13.4. The van der Waals surface area contributed by atoms with Gasteiger partial charge in [0.2, 0.25) is 0 Å². The number of carbonyl (C=O) groups excluding carboxylic acids is 1. The van der Waals surface area contributed by atoms with E-state index in [1.165, 1.54) is 6.07 Å². The van der Waals surface area contributed by atoms with Crippen LogP contribution in [0, 0.1) is 5.82 Å². The number of rotatable bonds is 6. The highest BCUT2D eigenvalue weighted by atomic mass is 35.5. The minimum atomic E-state index is -0.434. The molecule has 120 valence electrons. The fraction of sp³-hybridized carbons (Fsp3) is 0.125. The van der Waals surface area contributed by atoms with Crippen molar-refractivity contribution in [3.8, 4) is 0 Å². The lowest BCUT2D eigenvalue weighted by Crippen LogP contribution is -2.27. The average molecular weight is 336 g/mol. The smallest absolute Gasteiger partial charge is 0.261 e. The van der Waals surface area contributed by atoms with E-state index in [0.29, 0.717) is 16.1 Å². The molecule has 0 saturated heterocycles. The van der Waals surface area contributed by atoms with Crippen LogP contribution < -0.4 is 11.1 Å². The Hall–Kier alpha value is -2.60. The molecule has 0 heterocycles. The van der Waals surface area contributed by atoms with E-state index in [1.807, 2.05) is 0 Å². The molecule has 23 heavy (non-hydrogen) atoms. The summed E-state index contributed by atoms with van der Waals surface area (Å²) < 4.78 is 13.4.